The Bertz CT molecular complexity index is 821. The van der Waals surface area contributed by atoms with Crippen LogP contribution in [0.25, 0.3) is 0 Å². The molecular formula is C23H31O2P. The minimum absolute atomic E-state index is 0.0108. The van der Waals surface area contributed by atoms with Crippen LogP contribution in [0.5, 0.6) is 0 Å². The molecule has 0 bridgehead atoms. The van der Waals surface area contributed by atoms with Crippen molar-refractivity contribution in [1.82, 2.24) is 0 Å². The zero-order valence-electron chi connectivity index (χ0n) is 17.1. The van der Waals surface area contributed by atoms with Gasteiger partial charge in [-0.15, -0.1) is 0 Å². The molecule has 2 rings (SSSR count). The molecule has 3 heteroatoms. The normalized spacial score (nSPS) is 15.3. The van der Waals surface area contributed by atoms with Crippen molar-refractivity contribution in [3.63, 3.8) is 0 Å². The fourth-order valence-corrected chi connectivity index (χ4v) is 6.34. The molecule has 26 heavy (non-hydrogen) atoms. The molecule has 0 aliphatic carbocycles. The van der Waals surface area contributed by atoms with Gasteiger partial charge < -0.3 is 4.57 Å². The van der Waals surface area contributed by atoms with Gasteiger partial charge in [0.05, 0.1) is 0 Å². The zero-order chi connectivity index (χ0) is 19.7. The Morgan fingerprint density at radius 1 is 1.04 bits per heavy atom. The second kappa shape index (κ2) is 7.53. The van der Waals surface area contributed by atoms with Crippen molar-refractivity contribution < 1.29 is 9.36 Å². The number of carbonyl (C=O) groups excluding carboxylic acids is 1. The Hall–Kier alpha value is -1.66. The topological polar surface area (TPSA) is 34.1 Å². The summed E-state index contributed by atoms with van der Waals surface area (Å²) in [5.41, 5.74) is 3.29. The van der Waals surface area contributed by atoms with Gasteiger partial charge in [0, 0.05) is 16.5 Å². The molecule has 2 unspecified atom stereocenters. The average molecular weight is 370 g/mol. The Kier molecular flexibility index (Phi) is 5.98. The minimum Gasteiger partial charge on any atom is -0.310 e. The molecular weight excluding hydrogens is 339 g/mol. The lowest BCUT2D eigenvalue weighted by atomic mass is 9.84. The molecule has 2 nitrogen and oxygen atoms in total. The van der Waals surface area contributed by atoms with E-state index in [2.05, 4.69) is 32.9 Å². The molecule has 0 aromatic heterocycles. The number of hydrogen-bond acceptors (Lipinski definition) is 2. The highest BCUT2D eigenvalue weighted by atomic mass is 31.2. The van der Waals surface area contributed by atoms with Gasteiger partial charge in [0.1, 0.15) is 0 Å². The van der Waals surface area contributed by atoms with Gasteiger partial charge in [0.25, 0.3) is 0 Å². The van der Waals surface area contributed by atoms with Crippen molar-refractivity contribution in [1.29, 1.82) is 0 Å². The van der Waals surface area contributed by atoms with E-state index >= 15 is 0 Å². The van der Waals surface area contributed by atoms with E-state index in [4.69, 9.17) is 0 Å². The van der Waals surface area contributed by atoms with Crippen molar-refractivity contribution in [3.8, 4) is 0 Å². The van der Waals surface area contributed by atoms with Gasteiger partial charge in [-0.25, -0.2) is 0 Å². The fraction of sp³-hybridized carbons (Fsp3) is 0.435. The number of rotatable bonds is 5. The maximum Gasteiger partial charge on any atom is 0.226 e. The molecule has 0 amide bonds. The van der Waals surface area contributed by atoms with E-state index in [0.717, 1.165) is 11.1 Å². The Morgan fingerprint density at radius 2 is 1.54 bits per heavy atom. The highest BCUT2D eigenvalue weighted by molar-refractivity contribution is 7.88. The predicted molar refractivity (Wildman–Crippen MR) is 112 cm³/mol. The van der Waals surface area contributed by atoms with Crippen LogP contribution in [-0.4, -0.2) is 11.2 Å². The Balaban J connectivity index is 2.67. The molecule has 0 heterocycles. The summed E-state index contributed by atoms with van der Waals surface area (Å²) in [5.74, 6) is 0. The molecule has 2 aromatic rings. The van der Waals surface area contributed by atoms with Gasteiger partial charge in [0.2, 0.25) is 5.52 Å². The van der Waals surface area contributed by atoms with Crippen molar-refractivity contribution >= 4 is 18.0 Å². The molecule has 0 fully saturated rings. The molecule has 0 saturated carbocycles. The maximum absolute atomic E-state index is 14.1. The lowest BCUT2D eigenvalue weighted by molar-refractivity contribution is 0.107. The first kappa shape index (κ1) is 20.6. The summed E-state index contributed by atoms with van der Waals surface area (Å²) in [6, 6.07) is 13.4. The molecule has 2 atom stereocenters. The first-order valence-electron chi connectivity index (χ1n) is 9.35. The summed E-state index contributed by atoms with van der Waals surface area (Å²) >= 11 is 0. The van der Waals surface area contributed by atoms with Crippen LogP contribution in [0.4, 0.5) is 0 Å². The minimum atomic E-state index is -3.22. The summed E-state index contributed by atoms with van der Waals surface area (Å²) in [5, 5.41) is 0.665. The summed E-state index contributed by atoms with van der Waals surface area (Å²) < 4.78 is 14.1. The molecule has 0 aliphatic rings. The molecule has 0 aliphatic heterocycles. The highest BCUT2D eigenvalue weighted by Crippen LogP contribution is 2.54. The standard InChI is InChI=1S/C23H31O2P/c1-8-18(4)26(25,20-12-10-9-11-13-20)22(24)21-16(2)14-19(15-17(21)3)23(5,6)7/h9-15,18H,8H2,1-7H3. The van der Waals surface area contributed by atoms with Crippen LogP contribution in [0.1, 0.15) is 68.1 Å². The number of carbonyl (C=O) groups is 1. The van der Waals surface area contributed by atoms with Crippen molar-refractivity contribution in [3.05, 3.63) is 64.7 Å². The summed E-state index contributed by atoms with van der Waals surface area (Å²) in [6.07, 6.45) is 0.704. The second-order valence-corrected chi connectivity index (χ2v) is 11.4. The van der Waals surface area contributed by atoms with E-state index in [9.17, 15) is 9.36 Å². The van der Waals surface area contributed by atoms with E-state index in [1.54, 1.807) is 0 Å². The molecule has 140 valence electrons. The quantitative estimate of drug-likeness (QED) is 0.585. The average Bonchev–Trinajstić information content (AvgIpc) is 2.59. The van der Waals surface area contributed by atoms with Crippen LogP contribution in [0.2, 0.25) is 0 Å². The molecule has 0 N–H and O–H groups in total. The lowest BCUT2D eigenvalue weighted by Crippen LogP contribution is -2.23. The van der Waals surface area contributed by atoms with Gasteiger partial charge in [-0.3, -0.25) is 4.79 Å². The van der Waals surface area contributed by atoms with Crippen LogP contribution in [0.3, 0.4) is 0 Å². The number of aryl methyl sites for hydroxylation is 2. The van der Waals surface area contributed by atoms with Crippen LogP contribution in [0, 0.1) is 13.8 Å². The lowest BCUT2D eigenvalue weighted by Gasteiger charge is -2.26. The number of benzene rings is 2. The third kappa shape index (κ3) is 3.71. The Labute approximate surface area is 158 Å². The first-order valence-corrected chi connectivity index (χ1v) is 11.1. The van der Waals surface area contributed by atoms with Crippen molar-refractivity contribution in [2.24, 2.45) is 0 Å². The van der Waals surface area contributed by atoms with Crippen molar-refractivity contribution in [2.75, 3.05) is 0 Å². The molecule has 0 spiro atoms. The zero-order valence-corrected chi connectivity index (χ0v) is 18.0. The van der Waals surface area contributed by atoms with E-state index in [0.29, 0.717) is 17.3 Å². The van der Waals surface area contributed by atoms with Gasteiger partial charge in [0.15, 0.2) is 7.14 Å². The van der Waals surface area contributed by atoms with E-state index in [1.807, 2.05) is 58.0 Å². The first-order chi connectivity index (χ1) is 12.0. The van der Waals surface area contributed by atoms with Crippen molar-refractivity contribution in [2.45, 2.75) is 66.0 Å². The number of hydrogen-bond donors (Lipinski definition) is 0. The second-order valence-electron chi connectivity index (χ2n) is 8.29. The highest BCUT2D eigenvalue weighted by Gasteiger charge is 2.40. The SMILES string of the molecule is CCC(C)P(=O)(C(=O)c1c(C)cc(C(C)(C)C)cc1C)c1ccccc1. The van der Waals surface area contributed by atoms with Gasteiger partial charge >= 0.3 is 0 Å². The van der Waals surface area contributed by atoms with Gasteiger partial charge in [-0.05, 0) is 42.4 Å². The van der Waals surface area contributed by atoms with Gasteiger partial charge in [-0.2, -0.15) is 0 Å². The largest absolute Gasteiger partial charge is 0.310 e. The Morgan fingerprint density at radius 3 is 1.96 bits per heavy atom. The predicted octanol–water partition coefficient (Wildman–Crippen LogP) is 6.23. The molecule has 0 saturated heterocycles. The third-order valence-electron chi connectivity index (χ3n) is 5.27. The van der Waals surface area contributed by atoms with Crippen LogP contribution in [-0.2, 0) is 9.98 Å². The third-order valence-corrected chi connectivity index (χ3v) is 8.76. The fourth-order valence-electron chi connectivity index (χ4n) is 3.38. The molecule has 2 aromatic carbocycles. The maximum atomic E-state index is 14.1. The molecule has 0 radical (unpaired) electrons. The van der Waals surface area contributed by atoms with E-state index in [-0.39, 0.29) is 16.6 Å². The van der Waals surface area contributed by atoms with Crippen LogP contribution < -0.4 is 5.30 Å². The van der Waals surface area contributed by atoms with E-state index < -0.39 is 7.14 Å². The van der Waals surface area contributed by atoms with Gasteiger partial charge in [-0.1, -0.05) is 77.1 Å². The van der Waals surface area contributed by atoms with Crippen LogP contribution >= 0.6 is 7.14 Å². The monoisotopic (exact) mass is 370 g/mol. The smallest absolute Gasteiger partial charge is 0.226 e. The van der Waals surface area contributed by atoms with E-state index in [1.165, 1.54) is 5.56 Å². The summed E-state index contributed by atoms with van der Waals surface area (Å²) in [6.45, 7) is 14.3. The summed E-state index contributed by atoms with van der Waals surface area (Å²) in [4.78, 5) is 13.6. The van der Waals surface area contributed by atoms with Crippen LogP contribution in [0.15, 0.2) is 42.5 Å². The summed E-state index contributed by atoms with van der Waals surface area (Å²) in [7, 11) is -3.22.